The van der Waals surface area contributed by atoms with E-state index in [9.17, 15) is 0 Å². The van der Waals surface area contributed by atoms with E-state index in [1.165, 1.54) is 87.8 Å². The molecule has 2 heteroatoms. The fourth-order valence-corrected chi connectivity index (χ4v) is 7.79. The van der Waals surface area contributed by atoms with Crippen LogP contribution in [-0.4, -0.2) is 0 Å². The van der Waals surface area contributed by atoms with Crippen LogP contribution >= 0.6 is 0 Å². The van der Waals surface area contributed by atoms with Gasteiger partial charge in [0.05, 0.1) is 21.5 Å². The summed E-state index contributed by atoms with van der Waals surface area (Å²) in [7, 11) is 4.38. The van der Waals surface area contributed by atoms with E-state index >= 15 is 0 Å². The Labute approximate surface area is 244 Å². The highest BCUT2D eigenvalue weighted by Gasteiger charge is 2.27. The summed E-state index contributed by atoms with van der Waals surface area (Å²) < 4.78 is 4.68. The molecule has 6 aromatic carbocycles. The first-order chi connectivity index (χ1) is 20.7. The van der Waals surface area contributed by atoms with Crippen LogP contribution in [0.5, 0.6) is 0 Å². The molecule has 8 aromatic rings. The Balaban J connectivity index is 1.53. The van der Waals surface area contributed by atoms with Gasteiger partial charge >= 0.3 is 0 Å². The van der Waals surface area contributed by atoms with Crippen molar-refractivity contribution in [1.82, 2.24) is 0 Å². The van der Waals surface area contributed by atoms with Crippen molar-refractivity contribution in [3.8, 4) is 22.3 Å². The predicted octanol–water partition coefficient (Wildman–Crippen LogP) is 8.53. The van der Waals surface area contributed by atoms with Gasteiger partial charge in [0.25, 0.3) is 0 Å². The number of nitrogens with zero attached hydrogens (tertiary/aromatic N) is 2. The minimum absolute atomic E-state index is 1.10. The van der Waals surface area contributed by atoms with Crippen LogP contribution < -0.4 is 9.13 Å². The van der Waals surface area contributed by atoms with E-state index in [0.717, 1.165) is 12.8 Å². The Morgan fingerprint density at radius 1 is 0.381 bits per heavy atom. The number of aryl methyl sites for hydroxylation is 4. The summed E-state index contributed by atoms with van der Waals surface area (Å²) in [6, 6.07) is 45.2. The zero-order chi connectivity index (χ0) is 27.9. The topological polar surface area (TPSA) is 7.76 Å². The van der Waals surface area contributed by atoms with Gasteiger partial charge in [-0.05, 0) is 70.1 Å². The van der Waals surface area contributed by atoms with Crippen molar-refractivity contribution in [2.75, 3.05) is 0 Å². The molecule has 9 rings (SSSR count). The molecule has 0 spiro atoms. The molecule has 2 nitrogen and oxygen atoms in total. The molecule has 0 bridgehead atoms. The van der Waals surface area contributed by atoms with E-state index in [1.54, 1.807) is 0 Å². The molecule has 0 N–H and O–H groups in total. The largest absolute Gasteiger partial charge is 0.213 e. The Bertz CT molecular complexity index is 2150. The Morgan fingerprint density at radius 2 is 0.714 bits per heavy atom. The van der Waals surface area contributed by atoms with Gasteiger partial charge in [-0.25, -0.2) is 0 Å². The average Bonchev–Trinajstić information content (AvgIpc) is 3.47. The maximum absolute atomic E-state index is 2.41. The number of hydrogen-bond acceptors (Lipinski definition) is 0. The molecule has 2 heterocycles. The van der Waals surface area contributed by atoms with Crippen LogP contribution in [0.15, 0.2) is 121 Å². The van der Waals surface area contributed by atoms with Gasteiger partial charge in [0.15, 0.2) is 0 Å². The third-order valence-corrected chi connectivity index (χ3v) is 9.67. The van der Waals surface area contributed by atoms with Crippen molar-refractivity contribution in [3.05, 3.63) is 132 Å². The third-order valence-electron chi connectivity index (χ3n) is 9.67. The summed E-state index contributed by atoms with van der Waals surface area (Å²) in [6.45, 7) is 0. The van der Waals surface area contributed by atoms with Crippen molar-refractivity contribution in [2.45, 2.75) is 12.8 Å². The van der Waals surface area contributed by atoms with Gasteiger partial charge in [-0.3, -0.25) is 0 Å². The predicted molar refractivity (Wildman–Crippen MR) is 175 cm³/mol. The van der Waals surface area contributed by atoms with Crippen molar-refractivity contribution < 1.29 is 9.13 Å². The Morgan fingerprint density at radius 3 is 1.07 bits per heavy atom. The van der Waals surface area contributed by atoms with E-state index < -0.39 is 0 Å². The average molecular weight is 539 g/mol. The first-order valence-corrected chi connectivity index (χ1v) is 14.9. The molecule has 0 unspecified atom stereocenters. The smallest absolute Gasteiger partial charge is 0.194 e. The van der Waals surface area contributed by atoms with Crippen molar-refractivity contribution in [2.24, 2.45) is 14.1 Å². The summed E-state index contributed by atoms with van der Waals surface area (Å²) in [5.74, 6) is 0. The summed E-state index contributed by atoms with van der Waals surface area (Å²) in [4.78, 5) is 0. The highest BCUT2D eigenvalue weighted by atomic mass is 14.9. The molecule has 0 atom stereocenters. The second kappa shape index (κ2) is 8.71. The van der Waals surface area contributed by atoms with Gasteiger partial charge in [-0.15, -0.1) is 0 Å². The minimum Gasteiger partial charge on any atom is -0.194 e. The van der Waals surface area contributed by atoms with E-state index in [-0.39, 0.29) is 0 Å². The van der Waals surface area contributed by atoms with Gasteiger partial charge < -0.3 is 0 Å². The quantitative estimate of drug-likeness (QED) is 0.154. The number of fused-ring (bicyclic) bond motifs is 4. The molecule has 0 saturated carbocycles. The molecule has 42 heavy (non-hydrogen) atoms. The van der Waals surface area contributed by atoms with Gasteiger partial charge in [0, 0.05) is 35.4 Å². The van der Waals surface area contributed by atoms with Gasteiger partial charge in [-0.2, -0.15) is 9.13 Å². The number of hydrogen-bond donors (Lipinski definition) is 0. The Hall–Kier alpha value is -5.08. The molecule has 0 radical (unpaired) electrons. The summed E-state index contributed by atoms with van der Waals surface area (Å²) in [5, 5.41) is 7.99. The molecule has 0 aliphatic heterocycles. The van der Waals surface area contributed by atoms with E-state index in [2.05, 4.69) is 145 Å². The molecule has 1 aliphatic rings. The lowest BCUT2D eigenvalue weighted by Crippen LogP contribution is -2.30. The van der Waals surface area contributed by atoms with Crippen LogP contribution in [0.2, 0.25) is 0 Å². The monoisotopic (exact) mass is 538 g/mol. The molecule has 1 aliphatic carbocycles. The standard InChI is InChI=1S/C40H30N2/c1-41-33-15-7-3-11-27(33)38(28-12-4-8-16-34(28)41)31-23-21-25-19-20-26-22-24-32(40(31)37(25)26)39-29-13-5-9-17-35(29)42(2)36-18-10-6-14-30(36)39/h3-18,21-24H,19-20H2,1-2H3/q+2. The lowest BCUT2D eigenvalue weighted by atomic mass is 9.85. The summed E-state index contributed by atoms with van der Waals surface area (Å²) >= 11 is 0. The highest BCUT2D eigenvalue weighted by molar-refractivity contribution is 6.21. The first kappa shape index (κ1) is 23.6. The molecule has 198 valence electrons. The highest BCUT2D eigenvalue weighted by Crippen LogP contribution is 2.47. The second-order valence-corrected chi connectivity index (χ2v) is 11.7. The van der Waals surface area contributed by atoms with Crippen LogP contribution in [0, 0.1) is 0 Å². The zero-order valence-corrected chi connectivity index (χ0v) is 23.9. The van der Waals surface area contributed by atoms with Crippen LogP contribution in [0.1, 0.15) is 11.1 Å². The number of pyridine rings is 2. The maximum Gasteiger partial charge on any atom is 0.213 e. The molecule has 0 saturated heterocycles. The summed E-state index contributed by atoms with van der Waals surface area (Å²) in [6.07, 6.45) is 2.21. The van der Waals surface area contributed by atoms with Crippen molar-refractivity contribution >= 4 is 54.4 Å². The fraction of sp³-hybridized carbons (Fsp3) is 0.100. The van der Waals surface area contributed by atoms with E-state index in [1.807, 2.05) is 0 Å². The van der Waals surface area contributed by atoms with Crippen LogP contribution in [0.3, 0.4) is 0 Å². The number of benzene rings is 6. The van der Waals surface area contributed by atoms with Crippen molar-refractivity contribution in [1.29, 1.82) is 0 Å². The third kappa shape index (κ3) is 3.10. The lowest BCUT2D eigenvalue weighted by Gasteiger charge is -2.18. The maximum atomic E-state index is 2.41. The molecule has 0 fully saturated rings. The van der Waals surface area contributed by atoms with Crippen LogP contribution in [-0.2, 0) is 26.9 Å². The number of rotatable bonds is 2. The van der Waals surface area contributed by atoms with Gasteiger partial charge in [0.1, 0.15) is 14.1 Å². The Kier molecular flexibility index (Phi) is 4.90. The SMILES string of the molecule is C[n+]1c2ccccc2c(-c2ccc3c4c(ccc(-c5c6ccccc6[n+](C)c6ccccc56)c24)CC3)c2ccccc21. The van der Waals surface area contributed by atoms with Crippen LogP contribution in [0.4, 0.5) is 0 Å². The molecular formula is C40H30N2+2. The number of para-hydroxylation sites is 4. The van der Waals surface area contributed by atoms with Gasteiger partial charge in [0.2, 0.25) is 22.1 Å². The second-order valence-electron chi connectivity index (χ2n) is 11.7. The number of aromatic nitrogens is 2. The van der Waals surface area contributed by atoms with E-state index in [0.29, 0.717) is 0 Å². The summed E-state index contributed by atoms with van der Waals surface area (Å²) in [5.41, 5.74) is 13.2. The molecular weight excluding hydrogens is 508 g/mol. The van der Waals surface area contributed by atoms with E-state index in [4.69, 9.17) is 0 Å². The minimum atomic E-state index is 1.10. The van der Waals surface area contributed by atoms with Crippen molar-refractivity contribution in [3.63, 3.8) is 0 Å². The fourth-order valence-electron chi connectivity index (χ4n) is 7.79. The zero-order valence-electron chi connectivity index (χ0n) is 23.9. The molecule has 2 aromatic heterocycles. The first-order valence-electron chi connectivity index (χ1n) is 14.9. The normalized spacial score (nSPS) is 12.8. The van der Waals surface area contributed by atoms with Crippen LogP contribution in [0.25, 0.3) is 76.6 Å². The molecule has 0 amide bonds. The lowest BCUT2D eigenvalue weighted by molar-refractivity contribution is -0.617. The van der Waals surface area contributed by atoms with Gasteiger partial charge in [-0.1, -0.05) is 72.8 Å².